The van der Waals surface area contributed by atoms with Crippen LogP contribution in [0.1, 0.15) is 11.1 Å². The van der Waals surface area contributed by atoms with Crippen LogP contribution in [0.15, 0.2) is 42.5 Å². The van der Waals surface area contributed by atoms with Gasteiger partial charge in [0.1, 0.15) is 0 Å². The van der Waals surface area contributed by atoms with E-state index < -0.39 is 5.41 Å². The van der Waals surface area contributed by atoms with Gasteiger partial charge in [0.25, 0.3) is 0 Å². The van der Waals surface area contributed by atoms with Crippen molar-refractivity contribution in [1.82, 2.24) is 0 Å². The first-order valence-electron chi connectivity index (χ1n) is 6.43. The van der Waals surface area contributed by atoms with Crippen molar-refractivity contribution in [1.29, 1.82) is 0 Å². The molecule has 0 unspecified atom stereocenters. The first-order valence-corrected chi connectivity index (χ1v) is 7.57. The Balaban J connectivity index is 2.51. The number of hydrogen-bond acceptors (Lipinski definition) is 2. The highest BCUT2D eigenvalue weighted by Gasteiger charge is 2.34. The van der Waals surface area contributed by atoms with Gasteiger partial charge in [0.05, 0.1) is 13.2 Å². The highest BCUT2D eigenvalue weighted by Crippen LogP contribution is 2.37. The Kier molecular flexibility index (Phi) is 5.53. The largest absolute Gasteiger partial charge is 0.395 e. The molecule has 0 bridgehead atoms. The van der Waals surface area contributed by atoms with Crippen molar-refractivity contribution < 1.29 is 10.2 Å². The fraction of sp³-hybridized carbons (Fsp3) is 0.250. The summed E-state index contributed by atoms with van der Waals surface area (Å²) >= 11 is 18.6. The van der Waals surface area contributed by atoms with Gasteiger partial charge >= 0.3 is 0 Å². The fourth-order valence-electron chi connectivity index (χ4n) is 2.36. The highest BCUT2D eigenvalue weighted by molar-refractivity contribution is 6.36. The molecule has 112 valence electrons. The number of rotatable bonds is 5. The number of benzene rings is 2. The molecule has 2 nitrogen and oxygen atoms in total. The average Bonchev–Trinajstić information content (AvgIpc) is 2.49. The van der Waals surface area contributed by atoms with E-state index in [2.05, 4.69) is 0 Å². The summed E-state index contributed by atoms with van der Waals surface area (Å²) < 4.78 is 0. The first-order chi connectivity index (χ1) is 10.0. The van der Waals surface area contributed by atoms with E-state index in [4.69, 9.17) is 34.8 Å². The molecular weight excluding hydrogens is 331 g/mol. The summed E-state index contributed by atoms with van der Waals surface area (Å²) in [4.78, 5) is 0. The summed E-state index contributed by atoms with van der Waals surface area (Å²) in [6.45, 7) is -0.538. The van der Waals surface area contributed by atoms with E-state index in [1.807, 2.05) is 6.07 Å². The molecule has 0 fully saturated rings. The van der Waals surface area contributed by atoms with E-state index in [0.29, 0.717) is 32.6 Å². The van der Waals surface area contributed by atoms with Gasteiger partial charge in [-0.3, -0.25) is 0 Å². The number of halogens is 3. The fourth-order valence-corrected chi connectivity index (χ4v) is 3.23. The van der Waals surface area contributed by atoms with Crippen molar-refractivity contribution in [2.24, 2.45) is 0 Å². The molecule has 0 saturated heterocycles. The Morgan fingerprint density at radius 1 is 0.762 bits per heavy atom. The van der Waals surface area contributed by atoms with Crippen molar-refractivity contribution >= 4 is 34.8 Å². The van der Waals surface area contributed by atoms with Crippen molar-refractivity contribution in [2.75, 3.05) is 13.2 Å². The summed E-state index contributed by atoms with van der Waals surface area (Å²) in [5.74, 6) is 0. The Morgan fingerprint density at radius 2 is 1.29 bits per heavy atom. The Bertz CT molecular complexity index is 604. The second kappa shape index (κ2) is 6.99. The summed E-state index contributed by atoms with van der Waals surface area (Å²) in [5.41, 5.74) is 0.420. The van der Waals surface area contributed by atoms with Crippen molar-refractivity contribution in [2.45, 2.75) is 11.8 Å². The van der Waals surface area contributed by atoms with Gasteiger partial charge in [-0.1, -0.05) is 59.1 Å². The molecule has 0 amide bonds. The summed E-state index contributed by atoms with van der Waals surface area (Å²) in [7, 11) is 0. The zero-order chi connectivity index (χ0) is 15.5. The van der Waals surface area contributed by atoms with Gasteiger partial charge in [0, 0.05) is 20.5 Å². The predicted octanol–water partition coefficient (Wildman–Crippen LogP) is 4.11. The lowest BCUT2D eigenvalue weighted by molar-refractivity contribution is 0.116. The monoisotopic (exact) mass is 344 g/mol. The van der Waals surface area contributed by atoms with Crippen LogP contribution >= 0.6 is 34.8 Å². The molecule has 2 N–H and O–H groups in total. The quantitative estimate of drug-likeness (QED) is 0.856. The maximum Gasteiger partial charge on any atom is 0.0553 e. The lowest BCUT2D eigenvalue weighted by Gasteiger charge is -2.32. The lowest BCUT2D eigenvalue weighted by Crippen LogP contribution is -2.37. The molecular formula is C16H15Cl3O2. The molecule has 0 spiro atoms. The predicted molar refractivity (Wildman–Crippen MR) is 87.5 cm³/mol. The first kappa shape index (κ1) is 16.6. The SMILES string of the molecule is OCC(CO)(Cc1c(Cl)cccc1Cl)c1ccccc1Cl. The average molecular weight is 346 g/mol. The molecule has 0 saturated carbocycles. The van der Waals surface area contributed by atoms with Gasteiger partial charge < -0.3 is 10.2 Å². The molecule has 0 aromatic heterocycles. The lowest BCUT2D eigenvalue weighted by atomic mass is 9.76. The van der Waals surface area contributed by atoms with Gasteiger partial charge in [-0.15, -0.1) is 0 Å². The normalized spacial score (nSPS) is 11.7. The third-order valence-corrected chi connectivity index (χ3v) is 4.67. The minimum absolute atomic E-state index is 0.269. The Morgan fingerprint density at radius 3 is 1.81 bits per heavy atom. The van der Waals surface area contributed by atoms with Crippen LogP contribution in [0.25, 0.3) is 0 Å². The zero-order valence-electron chi connectivity index (χ0n) is 11.2. The van der Waals surface area contributed by atoms with Crippen LogP contribution in [0.2, 0.25) is 15.1 Å². The maximum absolute atomic E-state index is 9.89. The van der Waals surface area contributed by atoms with E-state index in [9.17, 15) is 10.2 Å². The van der Waals surface area contributed by atoms with Crippen LogP contribution in [0.5, 0.6) is 0 Å². The van der Waals surface area contributed by atoms with Crippen LogP contribution in [0, 0.1) is 0 Å². The second-order valence-corrected chi connectivity index (χ2v) is 6.17. The van der Waals surface area contributed by atoms with E-state index >= 15 is 0 Å². The summed E-state index contributed by atoms with van der Waals surface area (Å²) in [5, 5.41) is 21.3. The minimum atomic E-state index is -0.938. The van der Waals surface area contributed by atoms with E-state index in [0.717, 1.165) is 0 Å². The van der Waals surface area contributed by atoms with Gasteiger partial charge in [-0.2, -0.15) is 0 Å². The molecule has 0 heterocycles. The second-order valence-electron chi connectivity index (χ2n) is 4.95. The molecule has 2 aromatic rings. The summed E-state index contributed by atoms with van der Waals surface area (Å²) in [6.07, 6.45) is 0.294. The molecule has 0 aliphatic heterocycles. The van der Waals surface area contributed by atoms with Crippen molar-refractivity contribution in [3.63, 3.8) is 0 Å². The minimum Gasteiger partial charge on any atom is -0.395 e. The molecule has 2 rings (SSSR count). The van der Waals surface area contributed by atoms with E-state index in [-0.39, 0.29) is 13.2 Å². The molecule has 0 atom stereocenters. The standard InChI is InChI=1S/C16H15Cl3O2/c17-13-6-3-7-14(18)11(13)8-16(9-20,10-21)12-4-1-2-5-15(12)19/h1-7,20-21H,8-10H2. The zero-order valence-corrected chi connectivity index (χ0v) is 13.5. The van der Waals surface area contributed by atoms with Crippen LogP contribution in [-0.2, 0) is 11.8 Å². The van der Waals surface area contributed by atoms with Gasteiger partial charge in [-0.25, -0.2) is 0 Å². The molecule has 0 radical (unpaired) electrons. The topological polar surface area (TPSA) is 40.5 Å². The molecule has 0 aliphatic carbocycles. The van der Waals surface area contributed by atoms with E-state index in [1.165, 1.54) is 0 Å². The third-order valence-electron chi connectivity index (χ3n) is 3.63. The van der Waals surface area contributed by atoms with Crippen LogP contribution in [-0.4, -0.2) is 23.4 Å². The van der Waals surface area contributed by atoms with Crippen LogP contribution in [0.4, 0.5) is 0 Å². The Hall–Kier alpha value is -0.770. The van der Waals surface area contributed by atoms with Gasteiger partial charge in [0.2, 0.25) is 0 Å². The number of aliphatic hydroxyl groups excluding tert-OH is 2. The van der Waals surface area contributed by atoms with Gasteiger partial charge in [-0.05, 0) is 35.7 Å². The van der Waals surface area contributed by atoms with Crippen molar-refractivity contribution in [3.8, 4) is 0 Å². The molecule has 0 aliphatic rings. The maximum atomic E-state index is 9.89. The molecule has 2 aromatic carbocycles. The highest BCUT2D eigenvalue weighted by atomic mass is 35.5. The van der Waals surface area contributed by atoms with Crippen LogP contribution < -0.4 is 0 Å². The van der Waals surface area contributed by atoms with E-state index in [1.54, 1.807) is 36.4 Å². The molecule has 5 heteroatoms. The molecule has 21 heavy (non-hydrogen) atoms. The van der Waals surface area contributed by atoms with Crippen molar-refractivity contribution in [3.05, 3.63) is 68.7 Å². The summed E-state index contributed by atoms with van der Waals surface area (Å²) in [6, 6.07) is 12.3. The third kappa shape index (κ3) is 3.36. The number of hydrogen-bond donors (Lipinski definition) is 2. The Labute approximate surface area is 138 Å². The number of aliphatic hydroxyl groups is 2. The van der Waals surface area contributed by atoms with Crippen LogP contribution in [0.3, 0.4) is 0 Å². The smallest absolute Gasteiger partial charge is 0.0553 e. The van der Waals surface area contributed by atoms with Gasteiger partial charge in [0.15, 0.2) is 0 Å².